The largest absolute Gasteiger partial charge is 0.197 e. The average molecular weight is 164 g/mol. The van der Waals surface area contributed by atoms with Crippen molar-refractivity contribution in [3.63, 3.8) is 0 Å². The molecule has 0 fully saturated rings. The minimum Gasteiger partial charge on any atom is -0.197 e. The molecule has 0 aliphatic carbocycles. The molecule has 66 valence electrons. The lowest BCUT2D eigenvalue weighted by Gasteiger charge is -2.16. The Morgan fingerprint density at radius 3 is 1.92 bits per heavy atom. The van der Waals surface area contributed by atoms with Crippen LogP contribution in [0.4, 0.5) is 0 Å². The second-order valence-corrected chi connectivity index (χ2v) is 3.16. The van der Waals surface area contributed by atoms with Gasteiger partial charge < -0.3 is 0 Å². The second kappa shape index (κ2) is 5.61. The molecule has 0 aromatic rings. The quantitative estimate of drug-likeness (QED) is 0.627. The van der Waals surface area contributed by atoms with E-state index < -0.39 is 5.41 Å². The molecule has 0 aromatic carbocycles. The number of hydrogen-bond donors (Lipinski definition) is 0. The van der Waals surface area contributed by atoms with Gasteiger partial charge in [-0.1, -0.05) is 33.1 Å². The first-order chi connectivity index (χ1) is 5.74. The third-order valence-corrected chi connectivity index (χ3v) is 2.06. The minimum atomic E-state index is -0.704. The van der Waals surface area contributed by atoms with Crippen LogP contribution in [0.25, 0.3) is 0 Å². The number of nitrogens with zero attached hydrogens (tertiary/aromatic N) is 2. The van der Waals surface area contributed by atoms with Crippen molar-refractivity contribution in [2.45, 2.75) is 46.0 Å². The fourth-order valence-electron chi connectivity index (χ4n) is 1.28. The smallest absolute Gasteiger partial charge is 0.143 e. The maximum absolute atomic E-state index is 8.86. The molecule has 0 bridgehead atoms. The first kappa shape index (κ1) is 11.0. The van der Waals surface area contributed by atoms with Gasteiger partial charge in [-0.3, -0.25) is 0 Å². The van der Waals surface area contributed by atoms with Crippen molar-refractivity contribution in [1.82, 2.24) is 0 Å². The highest BCUT2D eigenvalue weighted by molar-refractivity contribution is 5.12. The Morgan fingerprint density at radius 1 is 1.00 bits per heavy atom. The van der Waals surface area contributed by atoms with Crippen molar-refractivity contribution in [3.05, 3.63) is 0 Å². The molecule has 0 N–H and O–H groups in total. The van der Waals surface area contributed by atoms with Crippen LogP contribution in [0.15, 0.2) is 0 Å². The Hall–Kier alpha value is -1.02. The molecule has 0 aliphatic rings. The Morgan fingerprint density at radius 2 is 1.58 bits per heavy atom. The summed E-state index contributed by atoms with van der Waals surface area (Å²) in [5.41, 5.74) is -0.704. The van der Waals surface area contributed by atoms with Gasteiger partial charge in [-0.05, 0) is 12.8 Å². The summed E-state index contributed by atoms with van der Waals surface area (Å²) in [6, 6.07) is 4.28. The van der Waals surface area contributed by atoms with E-state index in [1.54, 1.807) is 0 Å². The first-order valence-electron chi connectivity index (χ1n) is 4.57. The highest BCUT2D eigenvalue weighted by atomic mass is 14.4. The van der Waals surface area contributed by atoms with E-state index in [-0.39, 0.29) is 0 Å². The van der Waals surface area contributed by atoms with Crippen LogP contribution in [0, 0.1) is 28.1 Å². The van der Waals surface area contributed by atoms with Crippen molar-refractivity contribution in [2.24, 2.45) is 5.41 Å². The number of rotatable bonds is 5. The maximum Gasteiger partial charge on any atom is 0.143 e. The Labute approximate surface area is 74.8 Å². The summed E-state index contributed by atoms with van der Waals surface area (Å²) >= 11 is 0. The zero-order valence-electron chi connectivity index (χ0n) is 7.93. The summed E-state index contributed by atoms with van der Waals surface area (Å²) in [6.07, 6.45) is 4.37. The Kier molecular flexibility index (Phi) is 5.13. The van der Waals surface area contributed by atoms with Gasteiger partial charge >= 0.3 is 0 Å². The molecular formula is C10H16N2. The third kappa shape index (κ3) is 2.93. The molecule has 2 heteroatoms. The van der Waals surface area contributed by atoms with Crippen LogP contribution in [0.2, 0.25) is 0 Å². The molecule has 0 atom stereocenters. The normalized spacial score (nSPS) is 10.3. The van der Waals surface area contributed by atoms with Crippen LogP contribution in [-0.2, 0) is 0 Å². The van der Waals surface area contributed by atoms with E-state index in [2.05, 4.69) is 19.1 Å². The van der Waals surface area contributed by atoms with Gasteiger partial charge in [0.05, 0.1) is 12.1 Å². The van der Waals surface area contributed by atoms with E-state index in [4.69, 9.17) is 10.5 Å². The zero-order chi connectivity index (χ0) is 9.45. The van der Waals surface area contributed by atoms with Crippen LogP contribution in [-0.4, -0.2) is 0 Å². The lowest BCUT2D eigenvalue weighted by atomic mass is 9.82. The van der Waals surface area contributed by atoms with Gasteiger partial charge in [-0.15, -0.1) is 0 Å². The summed E-state index contributed by atoms with van der Waals surface area (Å²) < 4.78 is 0. The first-order valence-corrected chi connectivity index (χ1v) is 4.57. The molecule has 0 spiro atoms. The van der Waals surface area contributed by atoms with Gasteiger partial charge in [0.2, 0.25) is 0 Å². The summed E-state index contributed by atoms with van der Waals surface area (Å²) in [7, 11) is 0. The van der Waals surface area contributed by atoms with Crippen molar-refractivity contribution in [2.75, 3.05) is 0 Å². The van der Waals surface area contributed by atoms with Crippen LogP contribution >= 0.6 is 0 Å². The lowest BCUT2D eigenvalue weighted by molar-refractivity contribution is 0.417. The topological polar surface area (TPSA) is 47.6 Å². The predicted octanol–water partition coefficient (Wildman–Crippen LogP) is 3.01. The van der Waals surface area contributed by atoms with Crippen molar-refractivity contribution in [3.8, 4) is 12.1 Å². The van der Waals surface area contributed by atoms with Crippen molar-refractivity contribution < 1.29 is 0 Å². The molecule has 0 radical (unpaired) electrons. The molecule has 0 heterocycles. The molecule has 0 rings (SSSR count). The average Bonchev–Trinajstić information content (AvgIpc) is 2.13. The van der Waals surface area contributed by atoms with Crippen LogP contribution in [0.3, 0.4) is 0 Å². The van der Waals surface area contributed by atoms with E-state index in [9.17, 15) is 0 Å². The van der Waals surface area contributed by atoms with Gasteiger partial charge in [0.1, 0.15) is 5.41 Å². The Balaban J connectivity index is 4.20. The van der Waals surface area contributed by atoms with Crippen LogP contribution in [0.1, 0.15) is 46.0 Å². The lowest BCUT2D eigenvalue weighted by Crippen LogP contribution is -2.15. The van der Waals surface area contributed by atoms with Gasteiger partial charge in [-0.2, -0.15) is 10.5 Å². The maximum atomic E-state index is 8.86. The van der Waals surface area contributed by atoms with Crippen molar-refractivity contribution in [1.29, 1.82) is 10.5 Å². The monoisotopic (exact) mass is 164 g/mol. The summed E-state index contributed by atoms with van der Waals surface area (Å²) in [5.74, 6) is 0. The molecular weight excluding hydrogens is 148 g/mol. The molecule has 0 unspecified atom stereocenters. The molecule has 2 nitrogen and oxygen atoms in total. The highest BCUT2D eigenvalue weighted by Gasteiger charge is 2.27. The van der Waals surface area contributed by atoms with Gasteiger partial charge in [0.25, 0.3) is 0 Å². The molecule has 0 amide bonds. The molecule has 12 heavy (non-hydrogen) atoms. The number of unbranched alkanes of at least 4 members (excludes halogenated alkanes) is 1. The summed E-state index contributed by atoms with van der Waals surface area (Å²) in [4.78, 5) is 0. The van der Waals surface area contributed by atoms with E-state index in [1.807, 2.05) is 6.92 Å². The molecule has 0 aromatic heterocycles. The SMILES string of the molecule is CCCCC(C#N)(C#N)CCC. The van der Waals surface area contributed by atoms with E-state index in [0.29, 0.717) is 6.42 Å². The standard InChI is InChI=1S/C10H16N2/c1-3-5-7-10(8-11,9-12)6-4-2/h3-7H2,1-2H3. The minimum absolute atomic E-state index is 0.704. The third-order valence-electron chi connectivity index (χ3n) is 2.06. The van der Waals surface area contributed by atoms with Crippen molar-refractivity contribution >= 4 is 0 Å². The van der Waals surface area contributed by atoms with E-state index in [1.165, 1.54) is 0 Å². The fourth-order valence-corrected chi connectivity index (χ4v) is 1.28. The number of nitriles is 2. The molecule has 0 saturated heterocycles. The van der Waals surface area contributed by atoms with E-state index >= 15 is 0 Å². The summed E-state index contributed by atoms with van der Waals surface area (Å²) in [5, 5.41) is 17.7. The highest BCUT2D eigenvalue weighted by Crippen LogP contribution is 2.28. The zero-order valence-corrected chi connectivity index (χ0v) is 7.93. The van der Waals surface area contributed by atoms with Crippen LogP contribution < -0.4 is 0 Å². The van der Waals surface area contributed by atoms with E-state index in [0.717, 1.165) is 25.7 Å². The van der Waals surface area contributed by atoms with Gasteiger partial charge in [0, 0.05) is 0 Å². The fraction of sp³-hybridized carbons (Fsp3) is 0.800. The van der Waals surface area contributed by atoms with Gasteiger partial charge in [-0.25, -0.2) is 0 Å². The second-order valence-electron chi connectivity index (χ2n) is 3.16. The number of hydrogen-bond acceptors (Lipinski definition) is 2. The molecule has 0 aliphatic heterocycles. The Bertz CT molecular complexity index is 181. The van der Waals surface area contributed by atoms with Gasteiger partial charge in [0.15, 0.2) is 0 Å². The van der Waals surface area contributed by atoms with Crippen LogP contribution in [0.5, 0.6) is 0 Å². The summed E-state index contributed by atoms with van der Waals surface area (Å²) in [6.45, 7) is 4.08. The molecule has 0 saturated carbocycles. The predicted molar refractivity (Wildman–Crippen MR) is 48.1 cm³/mol.